The van der Waals surface area contributed by atoms with Gasteiger partial charge in [-0.1, -0.05) is 42.5 Å². The molecule has 4 N–H and O–H groups in total. The van der Waals surface area contributed by atoms with Crippen molar-refractivity contribution in [2.45, 2.75) is 32.4 Å². The lowest BCUT2D eigenvalue weighted by molar-refractivity contribution is -0.143. The number of amides is 4. The highest BCUT2D eigenvalue weighted by Crippen LogP contribution is 2.18. The number of ether oxygens (including phenoxy) is 1. The van der Waals surface area contributed by atoms with Gasteiger partial charge in [-0.15, -0.1) is 0 Å². The Kier molecular flexibility index (Phi) is 10.2. The lowest BCUT2D eigenvalue weighted by Crippen LogP contribution is -2.33. The lowest BCUT2D eigenvalue weighted by Gasteiger charge is -2.18. The Hall–Kier alpha value is -4.73. The van der Waals surface area contributed by atoms with Crippen LogP contribution in [-0.2, 0) is 25.7 Å². The van der Waals surface area contributed by atoms with E-state index in [4.69, 9.17) is 4.74 Å². The van der Waals surface area contributed by atoms with Gasteiger partial charge in [-0.25, -0.2) is 4.79 Å². The average Bonchev–Trinajstić information content (AvgIpc) is 2.88. The molecule has 0 bridgehead atoms. The van der Waals surface area contributed by atoms with Gasteiger partial charge in [-0.3, -0.25) is 19.4 Å². The minimum absolute atomic E-state index is 0.0903. The van der Waals surface area contributed by atoms with E-state index < -0.39 is 36.3 Å². The third kappa shape index (κ3) is 9.44. The third-order valence-corrected chi connectivity index (χ3v) is 5.12. The smallest absolute Gasteiger partial charge is 0.319 e. The molecule has 192 valence electrons. The summed E-state index contributed by atoms with van der Waals surface area (Å²) in [5.41, 5.74) is 2.46. The number of carbonyl (C=O) groups excluding carboxylic acids is 4. The maximum absolute atomic E-state index is 12.6. The molecule has 4 amide bonds. The number of carbonyl (C=O) groups is 4. The minimum atomic E-state index is -0.685. The molecule has 0 aliphatic rings. The van der Waals surface area contributed by atoms with Gasteiger partial charge >= 0.3 is 12.0 Å². The molecular formula is C27H29N5O5. The van der Waals surface area contributed by atoms with Crippen LogP contribution in [0, 0.1) is 0 Å². The van der Waals surface area contributed by atoms with E-state index in [-0.39, 0.29) is 13.0 Å². The zero-order valence-electron chi connectivity index (χ0n) is 20.4. The van der Waals surface area contributed by atoms with Gasteiger partial charge in [0.1, 0.15) is 6.42 Å². The standard InChI is InChI=1S/C27H29N5O5/c1-2-37-26(35)15-23(20-10-7-13-28-18-20)32-25(34)16-24(33)30-21-11-6-12-22(14-21)31-27(36)29-17-19-8-4-3-5-9-19/h3-14,18,23H,2,15-17H2,1H3,(H,30,33)(H,32,34)(H2,29,31,36). The number of pyridine rings is 1. The predicted octanol–water partition coefficient (Wildman–Crippen LogP) is 3.54. The van der Waals surface area contributed by atoms with Crippen LogP contribution >= 0.6 is 0 Å². The SMILES string of the molecule is CCOC(=O)CC(NC(=O)CC(=O)Nc1cccc(NC(=O)NCc2ccccc2)c1)c1cccnc1. The second kappa shape index (κ2) is 14.0. The number of nitrogens with one attached hydrogen (secondary N) is 4. The largest absolute Gasteiger partial charge is 0.466 e. The monoisotopic (exact) mass is 503 g/mol. The van der Waals surface area contributed by atoms with Crippen molar-refractivity contribution in [3.05, 3.63) is 90.3 Å². The van der Waals surface area contributed by atoms with Crippen LogP contribution in [0.4, 0.5) is 16.2 Å². The van der Waals surface area contributed by atoms with Gasteiger partial charge in [0.05, 0.1) is 19.1 Å². The highest BCUT2D eigenvalue weighted by molar-refractivity contribution is 6.04. The number of benzene rings is 2. The first-order valence-electron chi connectivity index (χ1n) is 11.8. The van der Waals surface area contributed by atoms with Gasteiger partial charge in [0.25, 0.3) is 0 Å². The number of anilines is 2. The predicted molar refractivity (Wildman–Crippen MR) is 138 cm³/mol. The maximum Gasteiger partial charge on any atom is 0.319 e. The third-order valence-electron chi connectivity index (χ3n) is 5.12. The van der Waals surface area contributed by atoms with Crippen molar-refractivity contribution in [3.63, 3.8) is 0 Å². The van der Waals surface area contributed by atoms with E-state index in [9.17, 15) is 19.2 Å². The summed E-state index contributed by atoms with van der Waals surface area (Å²) in [4.78, 5) is 53.3. The van der Waals surface area contributed by atoms with Crippen LogP contribution in [0.25, 0.3) is 0 Å². The summed E-state index contributed by atoms with van der Waals surface area (Å²) in [6, 6.07) is 18.4. The highest BCUT2D eigenvalue weighted by Gasteiger charge is 2.21. The zero-order valence-corrected chi connectivity index (χ0v) is 20.4. The molecule has 1 unspecified atom stereocenters. The van der Waals surface area contributed by atoms with Gasteiger partial charge in [0.2, 0.25) is 11.8 Å². The first-order chi connectivity index (χ1) is 17.9. The molecule has 2 aromatic carbocycles. The molecule has 1 atom stereocenters. The van der Waals surface area contributed by atoms with Crippen molar-refractivity contribution >= 4 is 35.2 Å². The molecule has 1 heterocycles. The topological polar surface area (TPSA) is 139 Å². The first kappa shape index (κ1) is 26.9. The summed E-state index contributed by atoms with van der Waals surface area (Å²) in [5.74, 6) is -1.59. The lowest BCUT2D eigenvalue weighted by atomic mass is 10.1. The molecule has 0 spiro atoms. The Morgan fingerprint density at radius 2 is 1.65 bits per heavy atom. The van der Waals surface area contributed by atoms with Crippen molar-refractivity contribution in [2.24, 2.45) is 0 Å². The van der Waals surface area contributed by atoms with E-state index in [1.54, 1.807) is 55.7 Å². The Balaban J connectivity index is 1.52. The molecule has 0 radical (unpaired) electrons. The fourth-order valence-corrected chi connectivity index (χ4v) is 3.45. The van der Waals surface area contributed by atoms with Crippen LogP contribution in [0.5, 0.6) is 0 Å². The van der Waals surface area contributed by atoms with E-state index >= 15 is 0 Å². The summed E-state index contributed by atoms with van der Waals surface area (Å²) in [7, 11) is 0. The summed E-state index contributed by atoms with van der Waals surface area (Å²) in [5, 5.41) is 10.8. The van der Waals surface area contributed by atoms with Crippen LogP contribution in [0.2, 0.25) is 0 Å². The molecule has 10 heteroatoms. The van der Waals surface area contributed by atoms with Crippen molar-refractivity contribution in [1.82, 2.24) is 15.6 Å². The number of urea groups is 1. The molecule has 0 fully saturated rings. The Bertz CT molecular complexity index is 1200. The number of aromatic nitrogens is 1. The molecule has 3 rings (SSSR count). The van der Waals surface area contributed by atoms with Crippen molar-refractivity contribution in [3.8, 4) is 0 Å². The number of esters is 1. The second-order valence-electron chi connectivity index (χ2n) is 8.01. The zero-order chi connectivity index (χ0) is 26.5. The van der Waals surface area contributed by atoms with Gasteiger partial charge in [0, 0.05) is 30.3 Å². The minimum Gasteiger partial charge on any atom is -0.466 e. The van der Waals surface area contributed by atoms with Crippen LogP contribution in [-0.4, -0.2) is 35.4 Å². The first-order valence-corrected chi connectivity index (χ1v) is 11.8. The Labute approximate surface area is 214 Å². The fraction of sp³-hybridized carbons (Fsp3) is 0.222. The Morgan fingerprint density at radius 3 is 2.35 bits per heavy atom. The van der Waals surface area contributed by atoms with E-state index in [1.165, 1.54) is 0 Å². The molecule has 0 saturated carbocycles. The molecule has 1 aromatic heterocycles. The van der Waals surface area contributed by atoms with Gasteiger partial charge in [-0.05, 0) is 42.3 Å². The second-order valence-corrected chi connectivity index (χ2v) is 8.01. The molecule has 0 aliphatic carbocycles. The van der Waals surface area contributed by atoms with Gasteiger partial charge in [0.15, 0.2) is 0 Å². The molecule has 0 saturated heterocycles. The molecular weight excluding hydrogens is 474 g/mol. The number of nitrogens with zero attached hydrogens (tertiary/aromatic N) is 1. The van der Waals surface area contributed by atoms with Crippen molar-refractivity contribution in [1.29, 1.82) is 0 Å². The molecule has 10 nitrogen and oxygen atoms in total. The fourth-order valence-electron chi connectivity index (χ4n) is 3.45. The average molecular weight is 504 g/mol. The van der Waals surface area contributed by atoms with E-state index in [0.717, 1.165) is 5.56 Å². The highest BCUT2D eigenvalue weighted by atomic mass is 16.5. The number of hydrogen-bond acceptors (Lipinski definition) is 6. The van der Waals surface area contributed by atoms with Crippen molar-refractivity contribution in [2.75, 3.05) is 17.2 Å². The van der Waals surface area contributed by atoms with Crippen LogP contribution in [0.15, 0.2) is 79.1 Å². The number of rotatable bonds is 11. The van der Waals surface area contributed by atoms with Gasteiger partial charge in [-0.2, -0.15) is 0 Å². The van der Waals surface area contributed by atoms with E-state index in [2.05, 4.69) is 26.3 Å². The van der Waals surface area contributed by atoms with Crippen molar-refractivity contribution < 1.29 is 23.9 Å². The summed E-state index contributed by atoms with van der Waals surface area (Å²) in [6.07, 6.45) is 2.57. The molecule has 37 heavy (non-hydrogen) atoms. The summed E-state index contributed by atoms with van der Waals surface area (Å²) < 4.78 is 4.99. The van der Waals surface area contributed by atoms with E-state index in [0.29, 0.717) is 23.5 Å². The van der Waals surface area contributed by atoms with Gasteiger partial charge < -0.3 is 26.0 Å². The number of hydrogen-bond donors (Lipinski definition) is 4. The normalized spacial score (nSPS) is 11.1. The molecule has 3 aromatic rings. The van der Waals surface area contributed by atoms with Crippen LogP contribution in [0.3, 0.4) is 0 Å². The Morgan fingerprint density at radius 1 is 0.892 bits per heavy atom. The molecule has 0 aliphatic heterocycles. The van der Waals surface area contributed by atoms with Crippen LogP contribution < -0.4 is 21.3 Å². The van der Waals surface area contributed by atoms with E-state index in [1.807, 2.05) is 30.3 Å². The maximum atomic E-state index is 12.6. The van der Waals surface area contributed by atoms with Crippen LogP contribution in [0.1, 0.15) is 36.9 Å². The summed E-state index contributed by atoms with van der Waals surface area (Å²) >= 11 is 0. The quantitative estimate of drug-likeness (QED) is 0.233. The summed E-state index contributed by atoms with van der Waals surface area (Å²) in [6.45, 7) is 2.29.